The zero-order valence-electron chi connectivity index (χ0n) is 16.6. The molecule has 0 spiro atoms. The number of amides is 1. The van der Waals surface area contributed by atoms with E-state index in [1.54, 1.807) is 38.0 Å². The Labute approximate surface area is 163 Å². The zero-order chi connectivity index (χ0) is 20.4. The van der Waals surface area contributed by atoms with Crippen LogP contribution in [0.3, 0.4) is 0 Å². The molecule has 3 rings (SSSR count). The maximum Gasteiger partial charge on any atom is 0.339 e. The van der Waals surface area contributed by atoms with Gasteiger partial charge in [-0.1, -0.05) is 0 Å². The van der Waals surface area contributed by atoms with Crippen LogP contribution in [0.4, 0.5) is 0 Å². The van der Waals surface area contributed by atoms with Crippen LogP contribution in [0.15, 0.2) is 18.3 Å². The summed E-state index contributed by atoms with van der Waals surface area (Å²) in [5.74, 6) is 0.110. The predicted molar refractivity (Wildman–Crippen MR) is 102 cm³/mol. The van der Waals surface area contributed by atoms with Crippen molar-refractivity contribution in [3.05, 3.63) is 40.7 Å². The SMILES string of the molecule is COc1cc(C)c(C(=O)N2CCC(n3ncc(C(=O)O)c3C)CC2)cc1OC. The number of carboxylic acid groups (broad SMARTS) is 1. The van der Waals surface area contributed by atoms with E-state index in [1.165, 1.54) is 6.20 Å². The molecule has 0 aliphatic carbocycles. The van der Waals surface area contributed by atoms with Crippen LogP contribution in [0, 0.1) is 13.8 Å². The monoisotopic (exact) mass is 387 g/mol. The van der Waals surface area contributed by atoms with Crippen LogP contribution in [-0.2, 0) is 0 Å². The molecule has 1 aliphatic rings. The number of aromatic carboxylic acids is 1. The van der Waals surface area contributed by atoms with Gasteiger partial charge < -0.3 is 19.5 Å². The summed E-state index contributed by atoms with van der Waals surface area (Å²) in [6.07, 6.45) is 2.83. The summed E-state index contributed by atoms with van der Waals surface area (Å²) in [6.45, 7) is 4.81. The Bertz CT molecular complexity index is 897. The number of hydrogen-bond acceptors (Lipinski definition) is 5. The Morgan fingerprint density at radius 3 is 2.21 bits per heavy atom. The van der Waals surface area contributed by atoms with Crippen molar-refractivity contribution in [1.29, 1.82) is 0 Å². The second kappa shape index (κ2) is 7.92. The third kappa shape index (κ3) is 3.54. The van der Waals surface area contributed by atoms with Gasteiger partial charge in [0.15, 0.2) is 11.5 Å². The molecule has 8 nitrogen and oxygen atoms in total. The first-order chi connectivity index (χ1) is 13.4. The first kappa shape index (κ1) is 19.7. The fourth-order valence-corrected chi connectivity index (χ4v) is 3.70. The summed E-state index contributed by atoms with van der Waals surface area (Å²) >= 11 is 0. The van der Waals surface area contributed by atoms with Crippen LogP contribution in [-0.4, -0.2) is 59.0 Å². The van der Waals surface area contributed by atoms with Crippen molar-refractivity contribution in [3.8, 4) is 11.5 Å². The molecule has 2 heterocycles. The van der Waals surface area contributed by atoms with Gasteiger partial charge in [-0.05, 0) is 44.4 Å². The Morgan fingerprint density at radius 1 is 1.07 bits per heavy atom. The number of carbonyl (C=O) groups excluding carboxylic acids is 1. The lowest BCUT2D eigenvalue weighted by Crippen LogP contribution is -2.39. The van der Waals surface area contributed by atoms with E-state index >= 15 is 0 Å². The molecule has 0 bridgehead atoms. The smallest absolute Gasteiger partial charge is 0.339 e. The number of piperidine rings is 1. The normalized spacial score (nSPS) is 14.8. The van der Waals surface area contributed by atoms with Gasteiger partial charge in [0.1, 0.15) is 5.56 Å². The number of carbonyl (C=O) groups is 2. The van der Waals surface area contributed by atoms with Crippen molar-refractivity contribution in [1.82, 2.24) is 14.7 Å². The molecule has 1 aromatic carbocycles. The highest BCUT2D eigenvalue weighted by atomic mass is 16.5. The zero-order valence-corrected chi connectivity index (χ0v) is 16.6. The molecule has 150 valence electrons. The van der Waals surface area contributed by atoms with Crippen molar-refractivity contribution >= 4 is 11.9 Å². The number of nitrogens with zero attached hydrogens (tertiary/aromatic N) is 3. The molecule has 0 atom stereocenters. The number of carboxylic acids is 1. The molecule has 28 heavy (non-hydrogen) atoms. The molecular formula is C20H25N3O5. The summed E-state index contributed by atoms with van der Waals surface area (Å²) in [4.78, 5) is 26.1. The average Bonchev–Trinajstić information content (AvgIpc) is 3.09. The second-order valence-electron chi connectivity index (χ2n) is 6.94. The number of ether oxygens (including phenoxy) is 2. The van der Waals surface area contributed by atoms with Crippen LogP contribution < -0.4 is 9.47 Å². The fourth-order valence-electron chi connectivity index (χ4n) is 3.70. The fraction of sp³-hybridized carbons (Fsp3) is 0.450. The second-order valence-corrected chi connectivity index (χ2v) is 6.94. The minimum atomic E-state index is -0.972. The summed E-state index contributed by atoms with van der Waals surface area (Å²) < 4.78 is 12.4. The van der Waals surface area contributed by atoms with Crippen molar-refractivity contribution in [2.45, 2.75) is 32.7 Å². The number of likely N-dealkylation sites (tertiary alicyclic amines) is 1. The Balaban J connectivity index is 1.73. The Kier molecular flexibility index (Phi) is 5.58. The first-order valence-electron chi connectivity index (χ1n) is 9.16. The summed E-state index contributed by atoms with van der Waals surface area (Å²) in [7, 11) is 3.11. The highest BCUT2D eigenvalue weighted by Gasteiger charge is 2.28. The molecule has 0 radical (unpaired) electrons. The first-order valence-corrected chi connectivity index (χ1v) is 9.16. The van der Waals surface area contributed by atoms with Gasteiger partial charge >= 0.3 is 5.97 Å². The Hall–Kier alpha value is -3.03. The van der Waals surface area contributed by atoms with Crippen LogP contribution in [0.5, 0.6) is 11.5 Å². The van der Waals surface area contributed by atoms with Gasteiger partial charge in [0.05, 0.1) is 32.2 Å². The number of methoxy groups -OCH3 is 2. The summed E-state index contributed by atoms with van der Waals surface area (Å²) in [5.41, 5.74) is 2.30. The minimum Gasteiger partial charge on any atom is -0.493 e. The Morgan fingerprint density at radius 2 is 1.68 bits per heavy atom. The molecule has 1 fully saturated rings. The number of hydrogen-bond donors (Lipinski definition) is 1. The predicted octanol–water partition coefficient (Wildman–Crippen LogP) is 2.69. The van der Waals surface area contributed by atoms with Gasteiger partial charge in [0, 0.05) is 18.7 Å². The lowest BCUT2D eigenvalue weighted by atomic mass is 10.0. The molecule has 1 aliphatic heterocycles. The summed E-state index contributed by atoms with van der Waals surface area (Å²) in [5, 5.41) is 13.4. The van der Waals surface area contributed by atoms with E-state index in [-0.39, 0.29) is 17.5 Å². The molecule has 1 amide bonds. The lowest BCUT2D eigenvalue weighted by molar-refractivity contribution is 0.0687. The minimum absolute atomic E-state index is 0.0414. The highest BCUT2D eigenvalue weighted by Crippen LogP contribution is 2.32. The van der Waals surface area contributed by atoms with Gasteiger partial charge in [-0.2, -0.15) is 5.10 Å². The maximum atomic E-state index is 13.0. The highest BCUT2D eigenvalue weighted by molar-refractivity contribution is 5.96. The van der Waals surface area contributed by atoms with Crippen molar-refractivity contribution < 1.29 is 24.2 Å². The van der Waals surface area contributed by atoms with E-state index in [2.05, 4.69) is 5.10 Å². The van der Waals surface area contributed by atoms with E-state index in [9.17, 15) is 14.7 Å². The number of aromatic nitrogens is 2. The number of aryl methyl sites for hydroxylation is 1. The van der Waals surface area contributed by atoms with Gasteiger partial charge in [-0.25, -0.2) is 4.79 Å². The maximum absolute atomic E-state index is 13.0. The molecule has 0 saturated carbocycles. The van der Waals surface area contributed by atoms with Gasteiger partial charge in [0.2, 0.25) is 0 Å². The van der Waals surface area contributed by atoms with Crippen molar-refractivity contribution in [2.75, 3.05) is 27.3 Å². The van der Waals surface area contributed by atoms with Gasteiger partial charge in [0.25, 0.3) is 5.91 Å². The van der Waals surface area contributed by atoms with E-state index in [4.69, 9.17) is 9.47 Å². The quantitative estimate of drug-likeness (QED) is 0.848. The van der Waals surface area contributed by atoms with E-state index < -0.39 is 5.97 Å². The van der Waals surface area contributed by atoms with E-state index in [0.29, 0.717) is 35.8 Å². The van der Waals surface area contributed by atoms with Crippen molar-refractivity contribution in [3.63, 3.8) is 0 Å². The molecule has 0 unspecified atom stereocenters. The molecule has 8 heteroatoms. The molecular weight excluding hydrogens is 362 g/mol. The van der Waals surface area contributed by atoms with E-state index in [1.807, 2.05) is 11.8 Å². The topological polar surface area (TPSA) is 93.9 Å². The molecule has 1 aromatic heterocycles. The van der Waals surface area contributed by atoms with E-state index in [0.717, 1.165) is 18.4 Å². The standard InChI is InChI=1S/C20H25N3O5/c1-12-9-17(27-3)18(28-4)10-15(12)19(24)22-7-5-14(6-8-22)23-13(2)16(11-21-23)20(25)26/h9-11,14H,5-8H2,1-4H3,(H,25,26). The van der Waals surface area contributed by atoms with Crippen LogP contribution >= 0.6 is 0 Å². The van der Waals surface area contributed by atoms with Crippen LogP contribution in [0.25, 0.3) is 0 Å². The summed E-state index contributed by atoms with van der Waals surface area (Å²) in [6, 6.07) is 3.61. The molecule has 2 aromatic rings. The van der Waals surface area contributed by atoms with Crippen LogP contribution in [0.1, 0.15) is 50.9 Å². The largest absolute Gasteiger partial charge is 0.493 e. The van der Waals surface area contributed by atoms with Crippen molar-refractivity contribution in [2.24, 2.45) is 0 Å². The van der Waals surface area contributed by atoms with Gasteiger partial charge in [-0.3, -0.25) is 9.48 Å². The molecule has 1 N–H and O–H groups in total. The van der Waals surface area contributed by atoms with Gasteiger partial charge in [-0.15, -0.1) is 0 Å². The molecule has 1 saturated heterocycles. The van der Waals surface area contributed by atoms with Crippen LogP contribution in [0.2, 0.25) is 0 Å². The lowest BCUT2D eigenvalue weighted by Gasteiger charge is -2.33. The third-order valence-electron chi connectivity index (χ3n) is 5.33. The third-order valence-corrected chi connectivity index (χ3v) is 5.33. The number of benzene rings is 1. The number of rotatable bonds is 5. The average molecular weight is 387 g/mol.